The molecular formula is C50H56N10. The average Bonchev–Trinajstić information content (AvgIpc) is 3.23. The highest BCUT2D eigenvalue weighted by Crippen LogP contribution is 2.40. The van der Waals surface area contributed by atoms with Gasteiger partial charge in [-0.1, -0.05) is 81.9 Å². The molecule has 0 aliphatic rings. The predicted octanol–water partition coefficient (Wildman–Crippen LogP) is 11.4. The number of hydrogen-bond acceptors (Lipinski definition) is 10. The Morgan fingerprint density at radius 1 is 0.583 bits per heavy atom. The van der Waals surface area contributed by atoms with Gasteiger partial charge in [0.25, 0.3) is 0 Å². The van der Waals surface area contributed by atoms with Crippen molar-refractivity contribution in [3.8, 4) is 22.5 Å². The minimum atomic E-state index is -0.192. The number of hydrogen-bond donors (Lipinski definition) is 0. The molecule has 0 fully saturated rings. The second kappa shape index (κ2) is 16.1. The number of aryl methyl sites for hydroxylation is 4. The number of aromatic nitrogens is 8. The number of aliphatic imine (C=N–C) groups is 2. The normalized spacial score (nSPS) is 12.9. The first-order valence-corrected chi connectivity index (χ1v) is 21.0. The van der Waals surface area contributed by atoms with Gasteiger partial charge in [-0.2, -0.15) is 0 Å². The topological polar surface area (TPSA) is 128 Å². The minimum absolute atomic E-state index is 0.191. The highest BCUT2D eigenvalue weighted by atomic mass is 14.9. The van der Waals surface area contributed by atoms with Gasteiger partial charge in [0.1, 0.15) is 33.1 Å². The van der Waals surface area contributed by atoms with Gasteiger partial charge in [-0.05, 0) is 104 Å². The van der Waals surface area contributed by atoms with Crippen LogP contribution in [-0.2, 0) is 30.1 Å². The van der Waals surface area contributed by atoms with Gasteiger partial charge in [-0.3, -0.25) is 9.98 Å². The number of fused-ring (bicyclic) bond motifs is 7. The van der Waals surface area contributed by atoms with Crippen LogP contribution in [0, 0.1) is 6.92 Å². The van der Waals surface area contributed by atoms with Crippen molar-refractivity contribution < 1.29 is 0 Å². The summed E-state index contributed by atoms with van der Waals surface area (Å²) in [6, 6.07) is 12.7. The zero-order valence-electron chi connectivity index (χ0n) is 37.3. The molecule has 5 aromatic heterocycles. The summed E-state index contributed by atoms with van der Waals surface area (Å²) >= 11 is 0. The lowest BCUT2D eigenvalue weighted by atomic mass is 9.85. The van der Waals surface area contributed by atoms with E-state index in [1.807, 2.05) is 6.92 Å². The first-order valence-electron chi connectivity index (χ1n) is 21.0. The van der Waals surface area contributed by atoms with E-state index in [-0.39, 0.29) is 10.8 Å². The molecule has 0 amide bonds. The quantitative estimate of drug-likeness (QED) is 0.0760. The zero-order chi connectivity index (χ0) is 43.3. The molecule has 7 rings (SSSR count). The molecule has 60 heavy (non-hydrogen) atoms. The standard InChI is InChI=1S/C50H56N10/c1-15-20-36(52-14)40-26-29(50(10,11)12)24-38(55-40)31-22-21-30(37-23-28(49(7,8)9)25-39(54-37)33(17-3)51-13)42-41(31)59-47-43-44(56-32(16-2)27(6)53-43)45-46(48(47)60-42)58-35(19-5)34(18-4)57-45/h17,20-26H,3,14-16,18-19H2,1-2,4-13H3/b36-20-,51-33+. The number of rotatable bonds is 10. The fraction of sp³-hybridized carbons (Fsp3) is 0.360. The van der Waals surface area contributed by atoms with Crippen LogP contribution in [-0.4, -0.2) is 59.3 Å². The molecule has 2 aromatic carbocycles. The monoisotopic (exact) mass is 796 g/mol. The second-order valence-corrected chi connectivity index (χ2v) is 17.3. The van der Waals surface area contributed by atoms with Crippen LogP contribution < -0.4 is 0 Å². The number of benzene rings is 2. The Morgan fingerprint density at radius 2 is 1.02 bits per heavy atom. The molecule has 7 aromatic rings. The Bertz CT molecular complexity index is 2940. The van der Waals surface area contributed by atoms with Crippen LogP contribution >= 0.6 is 0 Å². The molecule has 0 atom stereocenters. The van der Waals surface area contributed by atoms with Crippen LogP contribution in [0.5, 0.6) is 0 Å². The Morgan fingerprint density at radius 3 is 1.43 bits per heavy atom. The fourth-order valence-corrected chi connectivity index (χ4v) is 7.72. The van der Waals surface area contributed by atoms with Gasteiger partial charge in [0.15, 0.2) is 0 Å². The predicted molar refractivity (Wildman–Crippen MR) is 250 cm³/mol. The van der Waals surface area contributed by atoms with Gasteiger partial charge in [0, 0.05) is 18.2 Å². The fourth-order valence-electron chi connectivity index (χ4n) is 7.72. The molecule has 5 heterocycles. The van der Waals surface area contributed by atoms with Gasteiger partial charge < -0.3 is 0 Å². The summed E-state index contributed by atoms with van der Waals surface area (Å²) in [6.07, 6.45) is 6.80. The van der Waals surface area contributed by atoms with Crippen LogP contribution in [0.2, 0.25) is 0 Å². The van der Waals surface area contributed by atoms with Crippen molar-refractivity contribution in [2.45, 2.75) is 113 Å². The molecule has 0 unspecified atom stereocenters. The number of allylic oxidation sites excluding steroid dienone is 2. The van der Waals surface area contributed by atoms with Crippen molar-refractivity contribution in [1.82, 2.24) is 39.9 Å². The molecule has 0 saturated heterocycles. The number of nitrogens with zero attached hydrogens (tertiary/aromatic N) is 10. The SMILES string of the molecule is C=C/C(=N\C)c1cc(C(C)(C)C)cc(-c2ccc(-c3cc(C(C)(C)C)cc(/C(=C/CC)N=C)n3)c3nc4c5nc(C)c(CC)nc5c5nc(CC)c(CC)nc5c4nc23)n1. The summed E-state index contributed by atoms with van der Waals surface area (Å²) in [5, 5.41) is 0. The summed E-state index contributed by atoms with van der Waals surface area (Å²) in [7, 11) is 1.76. The van der Waals surface area contributed by atoms with Crippen molar-refractivity contribution >= 4 is 62.3 Å². The third-order valence-corrected chi connectivity index (χ3v) is 11.2. The summed E-state index contributed by atoms with van der Waals surface area (Å²) in [6.45, 7) is 31.6. The summed E-state index contributed by atoms with van der Waals surface area (Å²) in [5.41, 5.74) is 16.7. The third kappa shape index (κ3) is 7.48. The Balaban J connectivity index is 1.72. The van der Waals surface area contributed by atoms with E-state index in [0.717, 1.165) is 99.2 Å². The molecule has 0 aliphatic heterocycles. The third-order valence-electron chi connectivity index (χ3n) is 11.2. The molecule has 0 N–H and O–H groups in total. The van der Waals surface area contributed by atoms with Crippen molar-refractivity contribution in [2.75, 3.05) is 7.05 Å². The van der Waals surface area contributed by atoms with E-state index in [1.54, 1.807) is 13.1 Å². The van der Waals surface area contributed by atoms with Crippen LogP contribution in [0.25, 0.3) is 72.3 Å². The minimum Gasteiger partial charge on any atom is -0.286 e. The van der Waals surface area contributed by atoms with E-state index < -0.39 is 0 Å². The van der Waals surface area contributed by atoms with Gasteiger partial charge in [0.05, 0.1) is 68.0 Å². The Kier molecular flexibility index (Phi) is 11.3. The van der Waals surface area contributed by atoms with E-state index in [0.29, 0.717) is 49.8 Å². The van der Waals surface area contributed by atoms with Gasteiger partial charge in [-0.15, -0.1) is 0 Å². The molecule has 0 bridgehead atoms. The zero-order valence-corrected chi connectivity index (χ0v) is 37.3. The van der Waals surface area contributed by atoms with E-state index in [4.69, 9.17) is 39.9 Å². The van der Waals surface area contributed by atoms with Crippen molar-refractivity contribution in [3.63, 3.8) is 0 Å². The van der Waals surface area contributed by atoms with Gasteiger partial charge in [-0.25, -0.2) is 39.9 Å². The lowest BCUT2D eigenvalue weighted by molar-refractivity contribution is 0.589. The van der Waals surface area contributed by atoms with Gasteiger partial charge >= 0.3 is 0 Å². The van der Waals surface area contributed by atoms with E-state index in [1.165, 1.54) is 0 Å². The largest absolute Gasteiger partial charge is 0.286 e. The smallest absolute Gasteiger partial charge is 0.120 e. The summed E-state index contributed by atoms with van der Waals surface area (Å²) < 4.78 is 0. The van der Waals surface area contributed by atoms with Gasteiger partial charge in [0.2, 0.25) is 0 Å². The lowest BCUT2D eigenvalue weighted by Crippen LogP contribution is -2.14. The maximum absolute atomic E-state index is 5.61. The Hall–Kier alpha value is -6.16. The van der Waals surface area contributed by atoms with Crippen LogP contribution in [0.4, 0.5) is 0 Å². The molecule has 306 valence electrons. The molecule has 0 aliphatic carbocycles. The molecule has 0 saturated carbocycles. The molecule has 10 nitrogen and oxygen atoms in total. The van der Waals surface area contributed by atoms with Crippen LogP contribution in [0.1, 0.15) is 121 Å². The highest BCUT2D eigenvalue weighted by molar-refractivity contribution is 6.20. The first kappa shape index (κ1) is 42.0. The second-order valence-electron chi connectivity index (χ2n) is 17.3. The maximum Gasteiger partial charge on any atom is 0.120 e. The lowest BCUT2D eigenvalue weighted by Gasteiger charge is -2.22. The molecular weight excluding hydrogens is 741 g/mol. The summed E-state index contributed by atoms with van der Waals surface area (Å²) in [5.74, 6) is 0. The maximum atomic E-state index is 5.61. The molecule has 10 heteroatoms. The van der Waals surface area contributed by atoms with E-state index in [2.05, 4.69) is 135 Å². The first-order chi connectivity index (χ1) is 28.6. The van der Waals surface area contributed by atoms with Crippen molar-refractivity contribution in [3.05, 3.63) is 100 Å². The Labute approximate surface area is 353 Å². The van der Waals surface area contributed by atoms with E-state index in [9.17, 15) is 0 Å². The number of pyridine rings is 2. The summed E-state index contributed by atoms with van der Waals surface area (Å²) in [4.78, 5) is 51.6. The van der Waals surface area contributed by atoms with Crippen molar-refractivity contribution in [1.29, 1.82) is 0 Å². The van der Waals surface area contributed by atoms with E-state index >= 15 is 0 Å². The van der Waals surface area contributed by atoms with Crippen LogP contribution in [0.15, 0.2) is 65.1 Å². The molecule has 0 spiro atoms. The van der Waals surface area contributed by atoms with Crippen molar-refractivity contribution in [2.24, 2.45) is 9.98 Å². The highest BCUT2D eigenvalue weighted by Gasteiger charge is 2.26. The molecule has 0 radical (unpaired) electrons. The van der Waals surface area contributed by atoms with Crippen LogP contribution in [0.3, 0.4) is 0 Å². The average molecular weight is 797 g/mol.